The first kappa shape index (κ1) is 8.99. The van der Waals surface area contributed by atoms with Crippen LogP contribution in [0.2, 0.25) is 5.02 Å². The molecule has 0 aromatic carbocycles. The molecule has 0 spiro atoms. The van der Waals surface area contributed by atoms with Crippen molar-refractivity contribution in [3.8, 4) is 0 Å². The van der Waals surface area contributed by atoms with Crippen LogP contribution in [-0.2, 0) is 6.54 Å². The van der Waals surface area contributed by atoms with E-state index in [4.69, 9.17) is 11.6 Å². The Morgan fingerprint density at radius 3 is 2.77 bits per heavy atom. The van der Waals surface area contributed by atoms with Crippen molar-refractivity contribution in [1.29, 1.82) is 0 Å². The van der Waals surface area contributed by atoms with Crippen molar-refractivity contribution < 1.29 is 0 Å². The van der Waals surface area contributed by atoms with Gasteiger partial charge in [0.15, 0.2) is 0 Å². The van der Waals surface area contributed by atoms with Crippen molar-refractivity contribution in [2.24, 2.45) is 0 Å². The molecule has 0 aliphatic rings. The average molecular weight is 232 g/mol. The lowest BCUT2D eigenvalue weighted by molar-refractivity contribution is 0.796. The molecular weight excluding hydrogens is 226 g/mol. The molecule has 0 saturated carbocycles. The third kappa shape index (κ3) is 1.85. The minimum absolute atomic E-state index is 0.0597. The molecule has 0 N–H and O–H groups in total. The Hall–Kier alpha value is -0.580. The molecule has 2 heterocycles. The molecule has 68 valence electrons. The summed E-state index contributed by atoms with van der Waals surface area (Å²) in [6.45, 7) is 0.582. The lowest BCUT2D eigenvalue weighted by Crippen LogP contribution is -2.11. The molecule has 0 fully saturated rings. The molecule has 0 aliphatic carbocycles. The predicted molar refractivity (Wildman–Crippen MR) is 57.0 cm³/mol. The van der Waals surface area contributed by atoms with E-state index in [9.17, 15) is 4.79 Å². The van der Waals surface area contributed by atoms with Crippen LogP contribution in [0, 0.1) is 0 Å². The summed E-state index contributed by atoms with van der Waals surface area (Å²) in [5.41, 5.74) is 0. The van der Waals surface area contributed by atoms with Gasteiger partial charge in [-0.05, 0) is 11.4 Å². The Labute approximate surface area is 88.0 Å². The summed E-state index contributed by atoms with van der Waals surface area (Å²) in [7, 11) is 0. The Kier molecular flexibility index (Phi) is 2.53. The monoisotopic (exact) mass is 231 g/mol. The summed E-state index contributed by atoms with van der Waals surface area (Å²) in [4.78, 5) is 12.3. The van der Waals surface area contributed by atoms with Crippen LogP contribution in [-0.4, -0.2) is 4.57 Å². The average Bonchev–Trinajstić information content (AvgIpc) is 2.65. The van der Waals surface area contributed by atoms with Gasteiger partial charge < -0.3 is 4.57 Å². The van der Waals surface area contributed by atoms with Gasteiger partial charge in [-0.2, -0.15) is 0 Å². The van der Waals surface area contributed by atoms with Crippen LogP contribution in [0.3, 0.4) is 0 Å². The number of aromatic nitrogens is 1. The minimum atomic E-state index is 0.0597. The maximum atomic E-state index is 11.2. The van der Waals surface area contributed by atoms with E-state index in [1.807, 2.05) is 11.4 Å². The van der Waals surface area contributed by atoms with Crippen LogP contribution < -0.4 is 4.87 Å². The number of thiazole rings is 1. The maximum absolute atomic E-state index is 11.2. The molecule has 5 heteroatoms. The van der Waals surface area contributed by atoms with Gasteiger partial charge in [0.2, 0.25) is 0 Å². The topological polar surface area (TPSA) is 22.0 Å². The molecular formula is C8H6ClNOS2. The molecule has 0 radical (unpaired) electrons. The van der Waals surface area contributed by atoms with Gasteiger partial charge in [-0.25, -0.2) is 0 Å². The van der Waals surface area contributed by atoms with E-state index >= 15 is 0 Å². The second-order valence-electron chi connectivity index (χ2n) is 2.49. The maximum Gasteiger partial charge on any atom is 0.307 e. The van der Waals surface area contributed by atoms with E-state index in [2.05, 4.69) is 0 Å². The van der Waals surface area contributed by atoms with Gasteiger partial charge in [-0.3, -0.25) is 4.79 Å². The van der Waals surface area contributed by atoms with Crippen LogP contribution in [0.15, 0.2) is 27.8 Å². The Balaban J connectivity index is 2.29. The number of hydrogen-bond acceptors (Lipinski definition) is 3. The van der Waals surface area contributed by atoms with Crippen molar-refractivity contribution in [3.63, 3.8) is 0 Å². The van der Waals surface area contributed by atoms with Crippen LogP contribution in [0.1, 0.15) is 4.88 Å². The van der Waals surface area contributed by atoms with Crippen molar-refractivity contribution in [1.82, 2.24) is 4.57 Å². The summed E-state index contributed by atoms with van der Waals surface area (Å²) < 4.78 is 1.66. The molecule has 0 atom stereocenters. The first-order valence-electron chi connectivity index (χ1n) is 3.63. The molecule has 2 nitrogen and oxygen atoms in total. The summed E-state index contributed by atoms with van der Waals surface area (Å²) in [6, 6.07) is 1.85. The van der Waals surface area contributed by atoms with Gasteiger partial charge in [0.1, 0.15) is 0 Å². The van der Waals surface area contributed by atoms with Gasteiger partial charge in [0.25, 0.3) is 0 Å². The zero-order valence-corrected chi connectivity index (χ0v) is 8.96. The second-order valence-corrected chi connectivity index (χ2v) is 4.75. The Morgan fingerprint density at radius 1 is 1.38 bits per heavy atom. The molecule has 2 rings (SSSR count). The largest absolute Gasteiger partial charge is 0.307 e. The van der Waals surface area contributed by atoms with Gasteiger partial charge >= 0.3 is 4.87 Å². The molecule has 0 amide bonds. The van der Waals surface area contributed by atoms with Gasteiger partial charge in [-0.1, -0.05) is 22.9 Å². The standard InChI is InChI=1S/C8H6ClNOS2/c9-6-1-3-12-7(6)5-10-2-4-13-8(10)11/h1-4H,5H2. The lowest BCUT2D eigenvalue weighted by Gasteiger charge is -1.97. The van der Waals surface area contributed by atoms with Crippen molar-refractivity contribution in [2.75, 3.05) is 0 Å². The van der Waals surface area contributed by atoms with Gasteiger partial charge in [0.05, 0.1) is 11.6 Å². The summed E-state index contributed by atoms with van der Waals surface area (Å²) in [5, 5.41) is 4.45. The van der Waals surface area contributed by atoms with Crippen molar-refractivity contribution in [2.45, 2.75) is 6.54 Å². The van der Waals surface area contributed by atoms with Crippen LogP contribution >= 0.6 is 34.3 Å². The number of halogens is 1. The summed E-state index contributed by atoms with van der Waals surface area (Å²) in [6.07, 6.45) is 1.78. The smallest absolute Gasteiger partial charge is 0.301 e. The minimum Gasteiger partial charge on any atom is -0.301 e. The highest BCUT2D eigenvalue weighted by Gasteiger charge is 2.03. The number of hydrogen-bond donors (Lipinski definition) is 0. The fraction of sp³-hybridized carbons (Fsp3) is 0.125. The molecule has 13 heavy (non-hydrogen) atoms. The van der Waals surface area contributed by atoms with Gasteiger partial charge in [0, 0.05) is 16.5 Å². The van der Waals surface area contributed by atoms with E-state index < -0.39 is 0 Å². The Morgan fingerprint density at radius 2 is 2.23 bits per heavy atom. The fourth-order valence-corrected chi connectivity index (χ4v) is 2.68. The third-order valence-corrected chi connectivity index (χ3v) is 3.71. The van der Waals surface area contributed by atoms with Crippen molar-refractivity contribution >= 4 is 34.3 Å². The first-order chi connectivity index (χ1) is 6.27. The SMILES string of the molecule is O=c1sccn1Cc1sccc1Cl. The molecule has 0 unspecified atom stereocenters. The molecule has 2 aromatic heterocycles. The number of nitrogens with zero attached hydrogens (tertiary/aromatic N) is 1. The van der Waals surface area contributed by atoms with E-state index in [1.54, 1.807) is 27.5 Å². The molecule has 0 aliphatic heterocycles. The van der Waals surface area contributed by atoms with E-state index in [-0.39, 0.29) is 4.87 Å². The highest BCUT2D eigenvalue weighted by atomic mass is 35.5. The second kappa shape index (κ2) is 3.65. The highest BCUT2D eigenvalue weighted by molar-refractivity contribution is 7.10. The fourth-order valence-electron chi connectivity index (χ4n) is 1.00. The molecule has 0 bridgehead atoms. The van der Waals surface area contributed by atoms with Crippen molar-refractivity contribution in [3.05, 3.63) is 42.6 Å². The number of rotatable bonds is 2. The summed E-state index contributed by atoms with van der Waals surface area (Å²) in [5.74, 6) is 0. The third-order valence-electron chi connectivity index (χ3n) is 1.65. The molecule has 2 aromatic rings. The zero-order chi connectivity index (χ0) is 9.26. The van der Waals surface area contributed by atoms with E-state index in [0.29, 0.717) is 6.54 Å². The van der Waals surface area contributed by atoms with E-state index in [0.717, 1.165) is 9.90 Å². The highest BCUT2D eigenvalue weighted by Crippen LogP contribution is 2.22. The normalized spacial score (nSPS) is 10.5. The Bertz CT molecular complexity index is 456. The van der Waals surface area contributed by atoms with Crippen LogP contribution in [0.4, 0.5) is 0 Å². The lowest BCUT2D eigenvalue weighted by atomic mass is 10.4. The zero-order valence-electron chi connectivity index (χ0n) is 6.57. The quantitative estimate of drug-likeness (QED) is 0.779. The summed E-state index contributed by atoms with van der Waals surface area (Å²) >= 11 is 8.68. The predicted octanol–water partition coefficient (Wildman–Crippen LogP) is 2.67. The van der Waals surface area contributed by atoms with Gasteiger partial charge in [-0.15, -0.1) is 11.3 Å². The van der Waals surface area contributed by atoms with Crippen LogP contribution in [0.5, 0.6) is 0 Å². The van der Waals surface area contributed by atoms with E-state index in [1.165, 1.54) is 11.3 Å². The molecule has 0 saturated heterocycles. The number of thiophene rings is 1. The van der Waals surface area contributed by atoms with Crippen LogP contribution in [0.25, 0.3) is 0 Å². The first-order valence-corrected chi connectivity index (χ1v) is 5.77.